The predicted octanol–water partition coefficient (Wildman–Crippen LogP) is 5.08. The van der Waals surface area contributed by atoms with Crippen LogP contribution in [-0.2, 0) is 0 Å². The number of piperidine rings is 1. The van der Waals surface area contributed by atoms with Gasteiger partial charge in [-0.05, 0) is 57.7 Å². The first kappa shape index (κ1) is 24.2. The van der Waals surface area contributed by atoms with Crippen molar-refractivity contribution in [3.05, 3.63) is 58.4 Å². The van der Waals surface area contributed by atoms with Crippen molar-refractivity contribution >= 4 is 40.8 Å². The first-order chi connectivity index (χ1) is 16.0. The molecule has 0 amide bonds. The van der Waals surface area contributed by atoms with Crippen LogP contribution in [0.25, 0.3) is 16.7 Å². The van der Waals surface area contributed by atoms with E-state index in [0.717, 1.165) is 48.7 Å². The molecule has 7 heteroatoms. The zero-order chi connectivity index (χ0) is 23.8. The average molecular weight is 449 g/mol. The first-order valence-corrected chi connectivity index (χ1v) is 11.5. The molecular formula is C26H36N6O. The van der Waals surface area contributed by atoms with Gasteiger partial charge in [-0.25, -0.2) is 4.98 Å². The highest BCUT2D eigenvalue weighted by atomic mass is 16.1. The van der Waals surface area contributed by atoms with E-state index in [1.165, 1.54) is 6.42 Å². The summed E-state index contributed by atoms with van der Waals surface area (Å²) in [5.41, 5.74) is 2.98. The molecule has 0 aromatic carbocycles. The lowest BCUT2D eigenvalue weighted by molar-refractivity contribution is 0.574. The normalized spacial score (nSPS) is 15.7. The lowest BCUT2D eigenvalue weighted by Gasteiger charge is -2.29. The highest BCUT2D eigenvalue weighted by Gasteiger charge is 2.19. The van der Waals surface area contributed by atoms with E-state index in [4.69, 9.17) is 4.98 Å². The third kappa shape index (κ3) is 5.48. The molecule has 0 bridgehead atoms. The number of nitrogens with one attached hydrogen (secondary N) is 1. The Hall–Kier alpha value is -3.48. The van der Waals surface area contributed by atoms with Crippen LogP contribution in [0.4, 0.5) is 11.6 Å². The molecule has 176 valence electrons. The molecule has 33 heavy (non-hydrogen) atoms. The van der Waals surface area contributed by atoms with Crippen LogP contribution in [0.1, 0.15) is 40.1 Å². The van der Waals surface area contributed by atoms with Crippen LogP contribution in [0.5, 0.6) is 0 Å². The van der Waals surface area contributed by atoms with Crippen LogP contribution < -0.4 is 15.6 Å². The number of pyridine rings is 2. The monoisotopic (exact) mass is 448 g/mol. The van der Waals surface area contributed by atoms with E-state index in [0.29, 0.717) is 23.4 Å². The van der Waals surface area contributed by atoms with Gasteiger partial charge in [0.15, 0.2) is 11.1 Å². The minimum Gasteiger partial charge on any atom is -0.357 e. The van der Waals surface area contributed by atoms with E-state index in [-0.39, 0.29) is 6.86 Å². The number of anilines is 2. The molecule has 1 aliphatic heterocycles. The third-order valence-electron chi connectivity index (χ3n) is 5.64. The van der Waals surface area contributed by atoms with E-state index in [1.54, 1.807) is 31.6 Å². The Morgan fingerprint density at radius 3 is 2.67 bits per heavy atom. The molecule has 0 atom stereocenters. The smallest absolute Gasteiger partial charge is 0.193 e. The van der Waals surface area contributed by atoms with Crippen molar-refractivity contribution < 1.29 is 1.43 Å². The molecule has 1 fully saturated rings. The average Bonchev–Trinajstić information content (AvgIpc) is 2.82. The van der Waals surface area contributed by atoms with Gasteiger partial charge in [-0.15, -0.1) is 0 Å². The summed E-state index contributed by atoms with van der Waals surface area (Å²) in [4.78, 5) is 29.2. The Morgan fingerprint density at radius 1 is 1.27 bits per heavy atom. The number of aryl methyl sites for hydroxylation is 1. The molecule has 3 rings (SSSR count). The molecule has 0 unspecified atom stereocenters. The maximum atomic E-state index is 13.2. The van der Waals surface area contributed by atoms with Crippen LogP contribution >= 0.6 is 0 Å². The quantitative estimate of drug-likeness (QED) is 0.452. The van der Waals surface area contributed by atoms with Gasteiger partial charge < -0.3 is 10.2 Å². The van der Waals surface area contributed by atoms with E-state index in [2.05, 4.69) is 26.8 Å². The zero-order valence-electron chi connectivity index (χ0n) is 20.1. The molecule has 7 nitrogen and oxygen atoms in total. The molecule has 0 spiro atoms. The maximum absolute atomic E-state index is 13.2. The van der Waals surface area contributed by atoms with Crippen molar-refractivity contribution in [2.45, 2.75) is 40.0 Å². The van der Waals surface area contributed by atoms with Gasteiger partial charge in [-0.3, -0.25) is 19.3 Å². The van der Waals surface area contributed by atoms with Crippen molar-refractivity contribution in [1.29, 1.82) is 0 Å². The number of hydrogen-bond donors (Lipinski definition) is 1. The molecule has 2 aromatic rings. The fourth-order valence-corrected chi connectivity index (χ4v) is 4.06. The van der Waals surface area contributed by atoms with Crippen molar-refractivity contribution in [2.75, 3.05) is 36.9 Å². The molecule has 0 saturated carbocycles. The van der Waals surface area contributed by atoms with E-state index < -0.39 is 0 Å². The van der Waals surface area contributed by atoms with Crippen molar-refractivity contribution in [3.63, 3.8) is 0 Å². The van der Waals surface area contributed by atoms with Gasteiger partial charge in [0.2, 0.25) is 0 Å². The van der Waals surface area contributed by atoms with E-state index >= 15 is 0 Å². The topological polar surface area (TPSA) is 74.9 Å². The van der Waals surface area contributed by atoms with Crippen LogP contribution in [0.15, 0.2) is 57.4 Å². The number of hydrogen-bond acceptors (Lipinski definition) is 6. The summed E-state index contributed by atoms with van der Waals surface area (Å²) in [6, 6.07) is 3.64. The number of fused-ring (bicyclic) bond motifs is 1. The van der Waals surface area contributed by atoms with Gasteiger partial charge >= 0.3 is 0 Å². The molecule has 3 heterocycles. The summed E-state index contributed by atoms with van der Waals surface area (Å²) < 4.78 is 1.94. The van der Waals surface area contributed by atoms with Crippen molar-refractivity contribution in [3.8, 4) is 0 Å². The lowest BCUT2D eigenvalue weighted by Crippen LogP contribution is -2.30. The molecular weight excluding hydrogens is 412 g/mol. The number of aliphatic imine (C=N–C) groups is 2. The van der Waals surface area contributed by atoms with Gasteiger partial charge in [0.1, 0.15) is 11.6 Å². The second kappa shape index (κ2) is 11.4. The van der Waals surface area contributed by atoms with Crippen LogP contribution in [0, 0.1) is 6.92 Å². The van der Waals surface area contributed by atoms with Crippen LogP contribution in [0.2, 0.25) is 0 Å². The Labute approximate surface area is 197 Å². The summed E-state index contributed by atoms with van der Waals surface area (Å²) in [6.07, 6.45) is 12.6. The summed E-state index contributed by atoms with van der Waals surface area (Å²) in [6.45, 7) is 12.4. The summed E-state index contributed by atoms with van der Waals surface area (Å²) in [5, 5.41) is 3.97. The van der Waals surface area contributed by atoms with Gasteiger partial charge in [0, 0.05) is 46.6 Å². The SMILES string of the molecule is C=C/C=C(\C=NC)n1c(N/C(C=NCC)=C/C)cc(=O)c2c(C)cc(N3CCCCC3)nc21.[HH]. The highest BCUT2D eigenvalue weighted by Crippen LogP contribution is 2.27. The van der Waals surface area contributed by atoms with Gasteiger partial charge in [-0.1, -0.05) is 18.7 Å². The van der Waals surface area contributed by atoms with Gasteiger partial charge in [-0.2, -0.15) is 0 Å². The molecule has 2 aromatic heterocycles. The standard InChI is InChI=1S/C26H34N6O.H2/c1-6-12-21(18-27-5)32-24(29-20(7-2)17-28-8-3)16-22(33)25-19(4)15-23(30-26(25)32)31-13-10-9-11-14-31;/h6-7,12,15-18,29H,1,8-11,13-14H2,2-5H3;1H/b20-7+,21-12+,27-18?,28-17?;. The first-order valence-electron chi connectivity index (χ1n) is 11.5. The Balaban J connectivity index is 0.00000408. The van der Waals surface area contributed by atoms with Crippen LogP contribution in [-0.4, -0.2) is 48.7 Å². The summed E-state index contributed by atoms with van der Waals surface area (Å²) >= 11 is 0. The molecule has 1 aliphatic rings. The summed E-state index contributed by atoms with van der Waals surface area (Å²) in [7, 11) is 1.72. The second-order valence-electron chi connectivity index (χ2n) is 7.98. The van der Waals surface area contributed by atoms with E-state index in [1.807, 2.05) is 43.6 Å². The Kier molecular flexibility index (Phi) is 8.35. The number of aromatic nitrogens is 2. The van der Waals surface area contributed by atoms with Crippen molar-refractivity contribution in [2.24, 2.45) is 9.98 Å². The molecule has 1 saturated heterocycles. The van der Waals surface area contributed by atoms with Gasteiger partial charge in [0.25, 0.3) is 0 Å². The fraction of sp³-hybridized carbons (Fsp3) is 0.385. The third-order valence-corrected chi connectivity index (χ3v) is 5.64. The highest BCUT2D eigenvalue weighted by molar-refractivity contribution is 6.06. The lowest BCUT2D eigenvalue weighted by atomic mass is 10.1. The predicted molar refractivity (Wildman–Crippen MR) is 144 cm³/mol. The van der Waals surface area contributed by atoms with Gasteiger partial charge in [0.05, 0.1) is 16.8 Å². The minimum absolute atomic E-state index is 0. The number of allylic oxidation sites excluding steroid dienone is 5. The van der Waals surface area contributed by atoms with E-state index in [9.17, 15) is 4.79 Å². The number of nitrogens with zero attached hydrogens (tertiary/aromatic N) is 5. The minimum atomic E-state index is -0.0757. The molecule has 0 radical (unpaired) electrons. The summed E-state index contributed by atoms with van der Waals surface area (Å²) in [5.74, 6) is 1.49. The van der Waals surface area contributed by atoms with Crippen LogP contribution in [0.3, 0.4) is 0 Å². The maximum Gasteiger partial charge on any atom is 0.193 e. The molecule has 0 aliphatic carbocycles. The largest absolute Gasteiger partial charge is 0.357 e. The Morgan fingerprint density at radius 2 is 2.03 bits per heavy atom. The number of rotatable bonds is 8. The molecule has 1 N–H and O–H groups in total. The zero-order valence-corrected chi connectivity index (χ0v) is 20.1. The fourth-order valence-electron chi connectivity index (χ4n) is 4.06. The second-order valence-corrected chi connectivity index (χ2v) is 7.98. The Bertz CT molecular complexity index is 1190. The van der Waals surface area contributed by atoms with Crippen molar-refractivity contribution in [1.82, 2.24) is 9.55 Å².